The normalized spacial score (nSPS) is 20.6. The van der Waals surface area contributed by atoms with Crippen molar-refractivity contribution in [1.29, 1.82) is 0 Å². The van der Waals surface area contributed by atoms with Gasteiger partial charge in [0, 0.05) is 16.5 Å². The Labute approximate surface area is 169 Å². The van der Waals surface area contributed by atoms with E-state index < -0.39 is 19.8 Å². The molecule has 0 spiro atoms. The molecule has 1 fully saturated rings. The molecule has 0 radical (unpaired) electrons. The van der Waals surface area contributed by atoms with E-state index in [1.54, 1.807) is 17.8 Å². The number of hydrogen-bond donors (Lipinski definition) is 2. The number of thioether (sulfide) groups is 2. The summed E-state index contributed by atoms with van der Waals surface area (Å²) in [6, 6.07) is 5.68. The summed E-state index contributed by atoms with van der Waals surface area (Å²) in [5.41, 5.74) is 1.01. The van der Waals surface area contributed by atoms with Gasteiger partial charge in [-0.3, -0.25) is 14.3 Å². The van der Waals surface area contributed by atoms with Crippen LogP contribution in [0.5, 0.6) is 0 Å². The molecule has 3 rings (SSSR count). The van der Waals surface area contributed by atoms with Gasteiger partial charge in [0.15, 0.2) is 0 Å². The smallest absolute Gasteiger partial charge is 0.335 e. The fraction of sp³-hybridized carbons (Fsp3) is 0.200. The lowest BCUT2D eigenvalue weighted by molar-refractivity contribution is -0.121. The van der Waals surface area contributed by atoms with Crippen LogP contribution in [0.2, 0.25) is 5.02 Å². The van der Waals surface area contributed by atoms with Crippen molar-refractivity contribution >= 4 is 70.9 Å². The second kappa shape index (κ2) is 7.67. The number of nitrogens with zero attached hydrogens (tertiary/aromatic N) is 2. The second-order valence-electron chi connectivity index (χ2n) is 5.40. The minimum atomic E-state index is -4.38. The summed E-state index contributed by atoms with van der Waals surface area (Å²) >= 11 is 13.7. The van der Waals surface area contributed by atoms with E-state index in [-0.39, 0.29) is 4.32 Å². The highest BCUT2D eigenvalue weighted by Gasteiger charge is 2.36. The number of rotatable bonds is 4. The van der Waals surface area contributed by atoms with Gasteiger partial charge in [-0.2, -0.15) is 0 Å². The van der Waals surface area contributed by atoms with Crippen LogP contribution in [0, 0.1) is 0 Å². The summed E-state index contributed by atoms with van der Waals surface area (Å²) in [4.78, 5) is 35.0. The molecular weight excluding hydrogens is 435 g/mol. The van der Waals surface area contributed by atoms with Gasteiger partial charge in [-0.05, 0) is 37.3 Å². The van der Waals surface area contributed by atoms with Gasteiger partial charge < -0.3 is 14.7 Å². The summed E-state index contributed by atoms with van der Waals surface area (Å²) in [5.74, 6) is -0.494. The minimum Gasteiger partial charge on any atom is -0.335 e. The topological polar surface area (TPSA) is 81.1 Å². The number of allylic oxidation sites excluding steroid dienone is 2. The van der Waals surface area contributed by atoms with Crippen LogP contribution in [0.15, 0.2) is 45.2 Å². The lowest BCUT2D eigenvalue weighted by Gasteiger charge is -2.17. The van der Waals surface area contributed by atoms with Crippen molar-refractivity contribution in [1.82, 2.24) is 4.90 Å². The molecule has 11 heteroatoms. The van der Waals surface area contributed by atoms with Crippen LogP contribution in [0.1, 0.15) is 6.92 Å². The van der Waals surface area contributed by atoms with E-state index in [9.17, 15) is 9.36 Å². The van der Waals surface area contributed by atoms with Crippen molar-refractivity contribution in [3.8, 4) is 0 Å². The Balaban J connectivity index is 1.84. The fourth-order valence-electron chi connectivity index (χ4n) is 2.49. The third-order valence-corrected chi connectivity index (χ3v) is 7.00. The Bertz CT molecular complexity index is 899. The average molecular weight is 449 g/mol. The van der Waals surface area contributed by atoms with Crippen molar-refractivity contribution in [2.45, 2.75) is 11.8 Å². The SMILES string of the molecule is CCN1/C(=C/C=C2/SC(=S)N(CP(=O)(O)O)C2=O)Sc2ccc(Cl)cc21. The van der Waals surface area contributed by atoms with E-state index in [1.165, 1.54) is 0 Å². The highest BCUT2D eigenvalue weighted by molar-refractivity contribution is 8.26. The monoisotopic (exact) mass is 448 g/mol. The lowest BCUT2D eigenvalue weighted by atomic mass is 10.3. The number of thiocarbonyl (C=S) groups is 1. The number of carbonyl (C=O) groups excluding carboxylic acids is 1. The van der Waals surface area contributed by atoms with Gasteiger partial charge in [0.1, 0.15) is 10.6 Å². The van der Waals surface area contributed by atoms with Crippen molar-refractivity contribution in [2.75, 3.05) is 17.7 Å². The molecule has 2 aliphatic heterocycles. The zero-order valence-electron chi connectivity index (χ0n) is 13.5. The Morgan fingerprint density at radius 1 is 1.27 bits per heavy atom. The molecule has 1 aromatic rings. The number of amides is 1. The summed E-state index contributed by atoms with van der Waals surface area (Å²) in [7, 11) is -4.38. The third kappa shape index (κ3) is 4.20. The minimum absolute atomic E-state index is 0.143. The van der Waals surface area contributed by atoms with Gasteiger partial charge in [-0.15, -0.1) is 0 Å². The third-order valence-electron chi connectivity index (χ3n) is 3.59. The first-order valence-electron chi connectivity index (χ1n) is 7.45. The van der Waals surface area contributed by atoms with E-state index in [0.717, 1.165) is 38.8 Å². The molecule has 2 aliphatic rings. The van der Waals surface area contributed by atoms with Crippen LogP contribution in [0.25, 0.3) is 0 Å². The summed E-state index contributed by atoms with van der Waals surface area (Å²) in [6.07, 6.45) is 2.74. The van der Waals surface area contributed by atoms with Gasteiger partial charge in [0.25, 0.3) is 5.91 Å². The Morgan fingerprint density at radius 3 is 2.65 bits per heavy atom. The standard InChI is InChI=1S/C15H14ClN2O4PS3/c1-2-17-10-7-9(16)3-4-11(10)25-13(17)6-5-12-14(19)18(15(24)26-12)8-23(20,21)22/h3-7H,2,8H2,1H3,(H2,20,21,22)/b12-5+,13-6-. The van der Waals surface area contributed by atoms with E-state index in [1.807, 2.05) is 31.2 Å². The van der Waals surface area contributed by atoms with E-state index in [2.05, 4.69) is 4.90 Å². The number of benzene rings is 1. The van der Waals surface area contributed by atoms with E-state index in [4.69, 9.17) is 33.6 Å². The predicted molar refractivity (Wildman–Crippen MR) is 110 cm³/mol. The summed E-state index contributed by atoms with van der Waals surface area (Å²) < 4.78 is 11.3. The Hall–Kier alpha value is -0.800. The van der Waals surface area contributed by atoms with Gasteiger partial charge in [-0.1, -0.05) is 47.3 Å². The van der Waals surface area contributed by atoms with E-state index >= 15 is 0 Å². The van der Waals surface area contributed by atoms with Crippen LogP contribution in [0.3, 0.4) is 0 Å². The molecule has 6 nitrogen and oxygen atoms in total. The molecule has 2 N–H and O–H groups in total. The van der Waals surface area contributed by atoms with Crippen molar-refractivity contribution in [2.24, 2.45) is 0 Å². The molecule has 0 aromatic heterocycles. The quantitative estimate of drug-likeness (QED) is 0.406. The van der Waals surface area contributed by atoms with Crippen molar-refractivity contribution in [3.63, 3.8) is 0 Å². The molecule has 0 bridgehead atoms. The molecule has 0 saturated carbocycles. The van der Waals surface area contributed by atoms with Gasteiger partial charge in [0.05, 0.1) is 15.6 Å². The van der Waals surface area contributed by atoms with Crippen LogP contribution < -0.4 is 4.90 Å². The maximum Gasteiger partial charge on any atom is 0.345 e. The van der Waals surface area contributed by atoms with E-state index in [0.29, 0.717) is 9.93 Å². The van der Waals surface area contributed by atoms with Gasteiger partial charge in [0.2, 0.25) is 0 Å². The molecule has 0 aliphatic carbocycles. The predicted octanol–water partition coefficient (Wildman–Crippen LogP) is 3.99. The molecule has 0 unspecified atom stereocenters. The zero-order chi connectivity index (χ0) is 19.1. The maximum absolute atomic E-state index is 12.4. The highest BCUT2D eigenvalue weighted by Crippen LogP contribution is 2.47. The fourth-order valence-corrected chi connectivity index (χ4v) is 5.79. The largest absolute Gasteiger partial charge is 0.345 e. The van der Waals surface area contributed by atoms with Crippen LogP contribution >= 0.6 is 54.9 Å². The lowest BCUT2D eigenvalue weighted by Crippen LogP contribution is -2.28. The number of anilines is 1. The van der Waals surface area contributed by atoms with Crippen LogP contribution in [-0.2, 0) is 9.36 Å². The number of hydrogen-bond acceptors (Lipinski definition) is 6. The first kappa shape index (κ1) is 19.9. The average Bonchev–Trinajstić information content (AvgIpc) is 3.03. The van der Waals surface area contributed by atoms with Crippen LogP contribution in [-0.4, -0.2) is 37.7 Å². The highest BCUT2D eigenvalue weighted by atomic mass is 35.5. The second-order valence-corrected chi connectivity index (χ2v) is 10.2. The first-order chi connectivity index (χ1) is 12.2. The molecule has 1 aromatic carbocycles. The maximum atomic E-state index is 12.4. The molecular formula is C15H14ClN2O4PS3. The van der Waals surface area contributed by atoms with Crippen molar-refractivity contribution < 1.29 is 19.1 Å². The number of carbonyl (C=O) groups is 1. The molecule has 1 amide bonds. The molecule has 0 atom stereocenters. The summed E-state index contributed by atoms with van der Waals surface area (Å²) in [6.45, 7) is 2.75. The Morgan fingerprint density at radius 2 is 2.00 bits per heavy atom. The van der Waals surface area contributed by atoms with Crippen molar-refractivity contribution in [3.05, 3.63) is 45.3 Å². The molecule has 1 saturated heterocycles. The van der Waals surface area contributed by atoms with Crippen LogP contribution in [0.4, 0.5) is 5.69 Å². The first-order valence-corrected chi connectivity index (χ1v) is 11.7. The molecule has 138 valence electrons. The molecule has 2 heterocycles. The Kier molecular flexibility index (Phi) is 5.89. The molecule has 26 heavy (non-hydrogen) atoms. The van der Waals surface area contributed by atoms with Gasteiger partial charge >= 0.3 is 7.60 Å². The number of fused-ring (bicyclic) bond motifs is 1. The van der Waals surface area contributed by atoms with Gasteiger partial charge in [-0.25, -0.2) is 0 Å². The summed E-state index contributed by atoms with van der Waals surface area (Å²) in [5, 5.41) is 1.59. The zero-order valence-corrected chi connectivity index (χ0v) is 17.6. The number of halogens is 1.